The van der Waals surface area contributed by atoms with Gasteiger partial charge in [0.05, 0.1) is 5.75 Å². The molecule has 0 heterocycles. The summed E-state index contributed by atoms with van der Waals surface area (Å²) in [5, 5.41) is 0. The highest BCUT2D eigenvalue weighted by molar-refractivity contribution is 7.89. The topological polar surface area (TPSA) is 46.2 Å². The molecule has 0 spiro atoms. The fourth-order valence-corrected chi connectivity index (χ4v) is 3.44. The zero-order valence-electron chi connectivity index (χ0n) is 8.77. The molecule has 0 aliphatic heterocycles. The molecule has 1 fully saturated rings. The van der Waals surface area contributed by atoms with Gasteiger partial charge in [-0.2, -0.15) is 0 Å². The summed E-state index contributed by atoms with van der Waals surface area (Å²) in [4.78, 5) is 0. The molecule has 2 unspecified atom stereocenters. The van der Waals surface area contributed by atoms with E-state index in [1.165, 1.54) is 5.56 Å². The summed E-state index contributed by atoms with van der Waals surface area (Å²) in [5.74, 6) is 0.455. The van der Waals surface area contributed by atoms with E-state index < -0.39 is 10.0 Å². The Morgan fingerprint density at radius 3 is 2.62 bits per heavy atom. The van der Waals surface area contributed by atoms with Crippen LogP contribution < -0.4 is 4.72 Å². The van der Waals surface area contributed by atoms with Crippen LogP contribution in [0.3, 0.4) is 0 Å². The van der Waals surface area contributed by atoms with Gasteiger partial charge in [0, 0.05) is 17.8 Å². The summed E-state index contributed by atoms with van der Waals surface area (Å²) in [6.07, 6.45) is 0.880. The van der Waals surface area contributed by atoms with Gasteiger partial charge in [-0.25, -0.2) is 13.1 Å². The van der Waals surface area contributed by atoms with Crippen molar-refractivity contribution in [1.29, 1.82) is 0 Å². The molecule has 0 saturated heterocycles. The lowest BCUT2D eigenvalue weighted by Crippen LogP contribution is -2.29. The van der Waals surface area contributed by atoms with Crippen LogP contribution in [-0.2, 0) is 10.0 Å². The van der Waals surface area contributed by atoms with Gasteiger partial charge in [-0.3, -0.25) is 0 Å². The van der Waals surface area contributed by atoms with Crippen LogP contribution in [-0.4, -0.2) is 26.1 Å². The van der Waals surface area contributed by atoms with Gasteiger partial charge in [0.1, 0.15) is 0 Å². The van der Waals surface area contributed by atoms with E-state index in [0.29, 0.717) is 5.92 Å². The molecule has 1 aliphatic carbocycles. The van der Waals surface area contributed by atoms with Gasteiger partial charge >= 0.3 is 0 Å². The first kappa shape index (κ1) is 11.9. The second-order valence-electron chi connectivity index (χ2n) is 3.99. The van der Waals surface area contributed by atoms with Crippen molar-refractivity contribution in [3.8, 4) is 0 Å². The van der Waals surface area contributed by atoms with Crippen LogP contribution in [0, 0.1) is 0 Å². The third kappa shape index (κ3) is 2.97. The molecule has 0 aromatic heterocycles. The van der Waals surface area contributed by atoms with Crippen molar-refractivity contribution < 1.29 is 8.42 Å². The lowest BCUT2D eigenvalue weighted by molar-refractivity contribution is 0.581. The smallest absolute Gasteiger partial charge is 0.212 e. The molecular weight excluding hydrogens is 246 g/mol. The lowest BCUT2D eigenvalue weighted by atomic mass is 10.1. The molecule has 1 saturated carbocycles. The molecular formula is C11H14ClNO2S. The maximum atomic E-state index is 11.5. The molecule has 0 radical (unpaired) electrons. The van der Waals surface area contributed by atoms with E-state index in [4.69, 9.17) is 11.6 Å². The Bertz CT molecular complexity index is 446. The summed E-state index contributed by atoms with van der Waals surface area (Å²) in [7, 11) is -3.19. The highest BCUT2D eigenvalue weighted by Crippen LogP contribution is 2.40. The highest BCUT2D eigenvalue weighted by Gasteiger charge is 2.40. The standard InChI is InChI=1S/C11H14ClNO2S/c12-6-7-16(14,15)13-11-8-10(11)9-4-2-1-3-5-9/h1-5,10-11,13H,6-8H2. The summed E-state index contributed by atoms with van der Waals surface area (Å²) in [6, 6.07) is 10.0. The Balaban J connectivity index is 1.93. The van der Waals surface area contributed by atoms with Crippen LogP contribution in [0.25, 0.3) is 0 Å². The molecule has 16 heavy (non-hydrogen) atoms. The molecule has 3 nitrogen and oxygen atoms in total. The molecule has 2 atom stereocenters. The van der Waals surface area contributed by atoms with Gasteiger partial charge in [-0.15, -0.1) is 11.6 Å². The second kappa shape index (κ2) is 4.73. The van der Waals surface area contributed by atoms with Crippen LogP contribution >= 0.6 is 11.6 Å². The van der Waals surface area contributed by atoms with Crippen molar-refractivity contribution in [1.82, 2.24) is 4.72 Å². The average Bonchev–Trinajstić information content (AvgIpc) is 2.97. The van der Waals surface area contributed by atoms with Gasteiger partial charge in [-0.05, 0) is 12.0 Å². The van der Waals surface area contributed by atoms with E-state index >= 15 is 0 Å². The van der Waals surface area contributed by atoms with Crippen LogP contribution in [0.2, 0.25) is 0 Å². The summed E-state index contributed by atoms with van der Waals surface area (Å²) < 4.78 is 25.6. The lowest BCUT2D eigenvalue weighted by Gasteiger charge is -2.04. The zero-order chi connectivity index (χ0) is 11.6. The largest absolute Gasteiger partial charge is 0.213 e. The second-order valence-corrected chi connectivity index (χ2v) is 6.24. The SMILES string of the molecule is O=S(=O)(CCCl)NC1CC1c1ccccc1. The van der Waals surface area contributed by atoms with Crippen LogP contribution in [0.5, 0.6) is 0 Å². The molecule has 5 heteroatoms. The predicted octanol–water partition coefficient (Wildman–Crippen LogP) is 1.70. The molecule has 1 aliphatic rings. The molecule has 0 bridgehead atoms. The Morgan fingerprint density at radius 1 is 1.31 bits per heavy atom. The van der Waals surface area contributed by atoms with Crippen molar-refractivity contribution in [2.24, 2.45) is 0 Å². The summed E-state index contributed by atoms with van der Waals surface area (Å²) >= 11 is 5.42. The zero-order valence-corrected chi connectivity index (χ0v) is 10.3. The maximum absolute atomic E-state index is 11.5. The van der Waals surface area contributed by atoms with Gasteiger partial charge in [0.25, 0.3) is 0 Å². The first-order chi connectivity index (χ1) is 7.62. The Morgan fingerprint density at radius 2 is 2.00 bits per heavy atom. The van der Waals surface area contributed by atoms with E-state index in [1.54, 1.807) is 0 Å². The van der Waals surface area contributed by atoms with Crippen LogP contribution in [0.1, 0.15) is 17.9 Å². The number of sulfonamides is 1. The van der Waals surface area contributed by atoms with Crippen molar-refractivity contribution in [2.75, 3.05) is 11.6 Å². The van der Waals surface area contributed by atoms with Crippen molar-refractivity contribution in [2.45, 2.75) is 18.4 Å². The van der Waals surface area contributed by atoms with Gasteiger partial charge in [0.2, 0.25) is 10.0 Å². The molecule has 1 N–H and O–H groups in total. The van der Waals surface area contributed by atoms with E-state index in [2.05, 4.69) is 4.72 Å². The minimum absolute atomic E-state index is 0.00738. The molecule has 2 rings (SSSR count). The van der Waals surface area contributed by atoms with E-state index in [-0.39, 0.29) is 17.7 Å². The fraction of sp³-hybridized carbons (Fsp3) is 0.455. The Hall–Kier alpha value is -0.580. The molecule has 1 aromatic rings. The number of hydrogen-bond acceptors (Lipinski definition) is 2. The molecule has 1 aromatic carbocycles. The number of nitrogens with one attached hydrogen (secondary N) is 1. The highest BCUT2D eigenvalue weighted by atomic mass is 35.5. The van der Waals surface area contributed by atoms with E-state index in [0.717, 1.165) is 6.42 Å². The van der Waals surface area contributed by atoms with Crippen molar-refractivity contribution in [3.05, 3.63) is 35.9 Å². The fourth-order valence-electron chi connectivity index (χ4n) is 1.79. The normalized spacial score (nSPS) is 24.3. The van der Waals surface area contributed by atoms with Gasteiger partial charge in [-0.1, -0.05) is 30.3 Å². The van der Waals surface area contributed by atoms with Crippen molar-refractivity contribution >= 4 is 21.6 Å². The quantitative estimate of drug-likeness (QED) is 0.819. The third-order valence-electron chi connectivity index (χ3n) is 2.69. The van der Waals surface area contributed by atoms with E-state index in [9.17, 15) is 8.42 Å². The predicted molar refractivity (Wildman–Crippen MR) is 65.2 cm³/mol. The van der Waals surface area contributed by atoms with E-state index in [1.807, 2.05) is 30.3 Å². The monoisotopic (exact) mass is 259 g/mol. The van der Waals surface area contributed by atoms with Crippen LogP contribution in [0.15, 0.2) is 30.3 Å². The Kier molecular flexibility index (Phi) is 3.52. The third-order valence-corrected chi connectivity index (χ3v) is 4.51. The number of alkyl halides is 1. The van der Waals surface area contributed by atoms with Crippen molar-refractivity contribution in [3.63, 3.8) is 0 Å². The summed E-state index contributed by atoms with van der Waals surface area (Å²) in [6.45, 7) is 0. The first-order valence-electron chi connectivity index (χ1n) is 5.23. The van der Waals surface area contributed by atoms with Gasteiger partial charge < -0.3 is 0 Å². The van der Waals surface area contributed by atoms with Crippen LogP contribution in [0.4, 0.5) is 0 Å². The number of rotatable bonds is 5. The Labute approximate surface area is 101 Å². The first-order valence-corrected chi connectivity index (χ1v) is 7.42. The minimum Gasteiger partial charge on any atom is -0.212 e. The van der Waals surface area contributed by atoms with Gasteiger partial charge in [0.15, 0.2) is 0 Å². The number of benzene rings is 1. The summed E-state index contributed by atoms with van der Waals surface area (Å²) in [5.41, 5.74) is 1.20. The minimum atomic E-state index is -3.19. The molecule has 0 amide bonds. The average molecular weight is 260 g/mol. The number of hydrogen-bond donors (Lipinski definition) is 1. The number of halogens is 1. The molecule has 88 valence electrons. The maximum Gasteiger partial charge on any atom is 0.213 e.